The summed E-state index contributed by atoms with van der Waals surface area (Å²) in [6.07, 6.45) is 6.00. The second-order valence-electron chi connectivity index (χ2n) is 9.54. The Morgan fingerprint density at radius 2 is 0.725 bits per heavy atom. The molecule has 0 bridgehead atoms. The molecule has 0 saturated heterocycles. The van der Waals surface area contributed by atoms with E-state index in [0.29, 0.717) is 0 Å². The first-order valence-electron chi connectivity index (χ1n) is 13.4. The van der Waals surface area contributed by atoms with Crippen molar-refractivity contribution in [2.24, 2.45) is 0 Å². The molecule has 0 aliphatic heterocycles. The molecule has 0 unspecified atom stereocenters. The number of hydrogen-bond acceptors (Lipinski definition) is 7. The summed E-state index contributed by atoms with van der Waals surface area (Å²) in [6.45, 7) is 4.57. The lowest BCUT2D eigenvalue weighted by Crippen LogP contribution is -2.34. The van der Waals surface area contributed by atoms with E-state index in [4.69, 9.17) is 0 Å². The summed E-state index contributed by atoms with van der Waals surface area (Å²) < 4.78 is 5.71. The molecule has 0 amide bonds. The minimum atomic E-state index is 0.721. The maximum Gasteiger partial charge on any atom is 0.113 e. The molecule has 0 saturated carbocycles. The lowest BCUT2D eigenvalue weighted by atomic mass is 10.2. The van der Waals surface area contributed by atoms with Crippen molar-refractivity contribution in [1.29, 1.82) is 0 Å². The third-order valence-corrected chi connectivity index (χ3v) is 6.76. The third kappa shape index (κ3) is 6.36. The number of nitrogens with zero attached hydrogens (tertiary/aromatic N) is 10. The topological polar surface area (TPSA) is 95.4 Å². The van der Waals surface area contributed by atoms with Crippen molar-refractivity contribution in [3.63, 3.8) is 0 Å². The first-order valence-corrected chi connectivity index (χ1v) is 13.4. The Kier molecular flexibility index (Phi) is 7.77. The van der Waals surface area contributed by atoms with Crippen molar-refractivity contribution in [2.75, 3.05) is 19.6 Å². The van der Waals surface area contributed by atoms with E-state index in [2.05, 4.69) is 35.8 Å². The van der Waals surface area contributed by atoms with E-state index in [1.165, 1.54) is 0 Å². The second kappa shape index (κ2) is 12.3. The molecule has 0 radical (unpaired) electrons. The number of aromatic nitrogens is 9. The highest BCUT2D eigenvalue weighted by atomic mass is 15.4. The van der Waals surface area contributed by atoms with Gasteiger partial charge in [-0.2, -0.15) is 0 Å². The molecule has 200 valence electrons. The SMILES string of the molecule is c1ccc(-c2cn(CCN(CCn3cc(-c4ccccc4)nn3)CCn3cc(-c4ccccc4)nn3)nn2)cc1. The van der Waals surface area contributed by atoms with Gasteiger partial charge in [0.15, 0.2) is 0 Å². The van der Waals surface area contributed by atoms with E-state index in [-0.39, 0.29) is 0 Å². The minimum Gasteiger partial charge on any atom is -0.298 e. The van der Waals surface area contributed by atoms with Gasteiger partial charge in [0, 0.05) is 36.3 Å². The third-order valence-electron chi connectivity index (χ3n) is 6.76. The molecule has 3 heterocycles. The second-order valence-corrected chi connectivity index (χ2v) is 9.54. The number of hydrogen-bond donors (Lipinski definition) is 0. The zero-order chi connectivity index (χ0) is 27.0. The molecular weight excluding hydrogens is 500 g/mol. The maximum atomic E-state index is 4.36. The zero-order valence-corrected chi connectivity index (χ0v) is 22.1. The van der Waals surface area contributed by atoms with Gasteiger partial charge in [0.1, 0.15) is 17.1 Å². The fourth-order valence-electron chi connectivity index (χ4n) is 4.51. The molecular formula is C30H30N10. The molecule has 0 aliphatic rings. The fraction of sp³-hybridized carbons (Fsp3) is 0.200. The smallest absolute Gasteiger partial charge is 0.113 e. The summed E-state index contributed by atoms with van der Waals surface area (Å²) in [5.41, 5.74) is 5.81. The van der Waals surface area contributed by atoms with Crippen LogP contribution in [0.2, 0.25) is 0 Å². The van der Waals surface area contributed by atoms with Gasteiger partial charge in [0.05, 0.1) is 38.2 Å². The van der Waals surface area contributed by atoms with Gasteiger partial charge < -0.3 is 0 Å². The quantitative estimate of drug-likeness (QED) is 0.234. The molecule has 6 rings (SSSR count). The van der Waals surface area contributed by atoms with Gasteiger partial charge in [0.25, 0.3) is 0 Å². The Hall–Kier alpha value is -4.96. The van der Waals surface area contributed by atoms with Gasteiger partial charge in [-0.1, -0.05) is 107 Å². The van der Waals surface area contributed by atoms with Crippen LogP contribution in [0, 0.1) is 0 Å². The van der Waals surface area contributed by atoms with Crippen LogP contribution in [0.15, 0.2) is 110 Å². The first kappa shape index (κ1) is 25.3. The Morgan fingerprint density at radius 3 is 1.02 bits per heavy atom. The van der Waals surface area contributed by atoms with E-state index >= 15 is 0 Å². The first-order chi connectivity index (χ1) is 19.8. The summed E-state index contributed by atoms with van der Waals surface area (Å²) in [5, 5.41) is 26.2. The van der Waals surface area contributed by atoms with E-state index in [1.807, 2.05) is 124 Å². The van der Waals surface area contributed by atoms with Crippen molar-refractivity contribution >= 4 is 0 Å². The minimum absolute atomic E-state index is 0.721. The van der Waals surface area contributed by atoms with Crippen LogP contribution in [0.5, 0.6) is 0 Å². The molecule has 3 aromatic heterocycles. The van der Waals surface area contributed by atoms with E-state index in [1.54, 1.807) is 0 Å². The van der Waals surface area contributed by atoms with E-state index < -0.39 is 0 Å². The van der Waals surface area contributed by atoms with Gasteiger partial charge in [0.2, 0.25) is 0 Å². The fourth-order valence-corrected chi connectivity index (χ4v) is 4.51. The lowest BCUT2D eigenvalue weighted by molar-refractivity contribution is 0.231. The van der Waals surface area contributed by atoms with Crippen LogP contribution in [-0.2, 0) is 19.6 Å². The number of rotatable bonds is 12. The summed E-state index contributed by atoms with van der Waals surface area (Å²) >= 11 is 0. The zero-order valence-electron chi connectivity index (χ0n) is 22.1. The van der Waals surface area contributed by atoms with Crippen LogP contribution >= 0.6 is 0 Å². The van der Waals surface area contributed by atoms with Gasteiger partial charge in [-0.15, -0.1) is 15.3 Å². The van der Waals surface area contributed by atoms with E-state index in [9.17, 15) is 0 Å². The Balaban J connectivity index is 1.11. The van der Waals surface area contributed by atoms with Crippen LogP contribution in [0.1, 0.15) is 0 Å². The summed E-state index contributed by atoms with van der Waals surface area (Å²) in [5.74, 6) is 0. The molecule has 40 heavy (non-hydrogen) atoms. The van der Waals surface area contributed by atoms with Crippen molar-refractivity contribution in [3.05, 3.63) is 110 Å². The van der Waals surface area contributed by atoms with Gasteiger partial charge in [-0.25, -0.2) is 0 Å². The van der Waals surface area contributed by atoms with Crippen LogP contribution < -0.4 is 0 Å². The van der Waals surface area contributed by atoms with Gasteiger partial charge >= 0.3 is 0 Å². The molecule has 3 aromatic carbocycles. The lowest BCUT2D eigenvalue weighted by Gasteiger charge is -2.21. The average Bonchev–Trinajstić information content (AvgIpc) is 3.80. The van der Waals surface area contributed by atoms with Crippen molar-refractivity contribution in [3.8, 4) is 33.8 Å². The molecule has 0 fully saturated rings. The molecule has 0 spiro atoms. The highest BCUT2D eigenvalue weighted by Gasteiger charge is 2.11. The van der Waals surface area contributed by atoms with Crippen LogP contribution in [-0.4, -0.2) is 69.5 Å². The molecule has 0 N–H and O–H groups in total. The van der Waals surface area contributed by atoms with Crippen LogP contribution in [0.25, 0.3) is 33.8 Å². The maximum absolute atomic E-state index is 4.36. The molecule has 0 atom stereocenters. The van der Waals surface area contributed by atoms with Crippen LogP contribution in [0.4, 0.5) is 0 Å². The van der Waals surface area contributed by atoms with Gasteiger partial charge in [-0.05, 0) is 0 Å². The van der Waals surface area contributed by atoms with Crippen molar-refractivity contribution in [1.82, 2.24) is 49.9 Å². The summed E-state index contributed by atoms with van der Waals surface area (Å²) in [6, 6.07) is 30.3. The van der Waals surface area contributed by atoms with Crippen molar-refractivity contribution in [2.45, 2.75) is 19.6 Å². The molecule has 6 aromatic rings. The Bertz CT molecular complexity index is 1410. The number of benzene rings is 3. The van der Waals surface area contributed by atoms with Crippen LogP contribution in [0.3, 0.4) is 0 Å². The summed E-state index contributed by atoms with van der Waals surface area (Å²) in [4.78, 5) is 2.39. The highest BCUT2D eigenvalue weighted by molar-refractivity contribution is 5.58. The monoisotopic (exact) mass is 530 g/mol. The Labute approximate surface area is 232 Å². The average molecular weight is 531 g/mol. The standard InChI is InChI=1S/C30H30N10/c1-4-10-25(11-5-1)28-22-38(34-31-28)19-16-37(17-20-39-23-29(32-35-39)26-12-6-2-7-13-26)18-21-40-24-30(33-36-40)27-14-8-3-9-15-27/h1-15,22-24H,16-21H2. The molecule has 10 nitrogen and oxygen atoms in total. The normalized spacial score (nSPS) is 11.3. The predicted octanol–water partition coefficient (Wildman–Crippen LogP) is 4.16. The van der Waals surface area contributed by atoms with E-state index in [0.717, 1.165) is 73.0 Å². The highest BCUT2D eigenvalue weighted by Crippen LogP contribution is 2.17. The largest absolute Gasteiger partial charge is 0.298 e. The van der Waals surface area contributed by atoms with Crippen molar-refractivity contribution < 1.29 is 0 Å². The molecule has 10 heteroatoms. The Morgan fingerprint density at radius 1 is 0.425 bits per heavy atom. The summed E-state index contributed by atoms with van der Waals surface area (Å²) in [7, 11) is 0. The predicted molar refractivity (Wildman–Crippen MR) is 153 cm³/mol. The molecule has 0 aliphatic carbocycles. The van der Waals surface area contributed by atoms with Gasteiger partial charge in [-0.3, -0.25) is 18.9 Å².